The summed E-state index contributed by atoms with van der Waals surface area (Å²) in [4.78, 5) is 8.74. The SMILES string of the molecule is CC(C)c1ncc(N)c(CCC2(N)CC2)n1. The first-order chi connectivity index (χ1) is 7.50. The van der Waals surface area contributed by atoms with E-state index in [-0.39, 0.29) is 5.54 Å². The molecule has 0 atom stereocenters. The molecule has 0 aromatic carbocycles. The lowest BCUT2D eigenvalue weighted by Crippen LogP contribution is -2.22. The van der Waals surface area contributed by atoms with E-state index >= 15 is 0 Å². The lowest BCUT2D eigenvalue weighted by Gasteiger charge is -2.11. The molecule has 88 valence electrons. The topological polar surface area (TPSA) is 77.8 Å². The number of nitrogens with two attached hydrogens (primary N) is 2. The average molecular weight is 220 g/mol. The Hall–Kier alpha value is -1.16. The van der Waals surface area contributed by atoms with Crippen LogP contribution < -0.4 is 11.5 Å². The predicted molar refractivity (Wildman–Crippen MR) is 65.0 cm³/mol. The van der Waals surface area contributed by atoms with Crippen LogP contribution in [0.1, 0.15) is 50.5 Å². The lowest BCUT2D eigenvalue weighted by molar-refractivity contribution is 0.600. The van der Waals surface area contributed by atoms with Crippen molar-refractivity contribution >= 4 is 5.69 Å². The van der Waals surface area contributed by atoms with Gasteiger partial charge in [-0.15, -0.1) is 0 Å². The molecular weight excluding hydrogens is 200 g/mol. The van der Waals surface area contributed by atoms with Gasteiger partial charge in [-0.3, -0.25) is 0 Å². The Bertz CT molecular complexity index is 383. The van der Waals surface area contributed by atoms with Crippen LogP contribution >= 0.6 is 0 Å². The van der Waals surface area contributed by atoms with E-state index < -0.39 is 0 Å². The van der Waals surface area contributed by atoms with Crippen LogP contribution in [-0.2, 0) is 6.42 Å². The first kappa shape index (κ1) is 11.3. The van der Waals surface area contributed by atoms with Gasteiger partial charge in [-0.1, -0.05) is 13.8 Å². The minimum absolute atomic E-state index is 0.0649. The molecular formula is C12H20N4. The Balaban J connectivity index is 2.09. The van der Waals surface area contributed by atoms with Crippen molar-refractivity contribution in [1.82, 2.24) is 9.97 Å². The number of nitrogen functional groups attached to an aromatic ring is 1. The predicted octanol–water partition coefficient (Wildman–Crippen LogP) is 1.61. The number of rotatable bonds is 4. The molecule has 0 bridgehead atoms. The summed E-state index contributed by atoms with van der Waals surface area (Å²) >= 11 is 0. The molecule has 1 saturated carbocycles. The Morgan fingerprint density at radius 3 is 2.69 bits per heavy atom. The highest BCUT2D eigenvalue weighted by Crippen LogP contribution is 2.36. The van der Waals surface area contributed by atoms with Gasteiger partial charge in [-0.05, 0) is 25.7 Å². The lowest BCUT2D eigenvalue weighted by atomic mass is 10.1. The molecule has 0 amide bonds. The van der Waals surface area contributed by atoms with Crippen molar-refractivity contribution in [2.24, 2.45) is 5.73 Å². The maximum atomic E-state index is 6.06. The number of anilines is 1. The van der Waals surface area contributed by atoms with Gasteiger partial charge in [-0.2, -0.15) is 0 Å². The van der Waals surface area contributed by atoms with Crippen LogP contribution in [0.3, 0.4) is 0 Å². The Morgan fingerprint density at radius 1 is 1.44 bits per heavy atom. The zero-order valence-electron chi connectivity index (χ0n) is 10.0. The molecule has 16 heavy (non-hydrogen) atoms. The van der Waals surface area contributed by atoms with Gasteiger partial charge in [0.05, 0.1) is 17.6 Å². The second-order valence-corrected chi connectivity index (χ2v) is 5.15. The molecule has 1 fully saturated rings. The van der Waals surface area contributed by atoms with Crippen LogP contribution in [0.2, 0.25) is 0 Å². The summed E-state index contributed by atoms with van der Waals surface area (Å²) in [6.07, 6.45) is 5.83. The fraction of sp³-hybridized carbons (Fsp3) is 0.667. The zero-order valence-corrected chi connectivity index (χ0v) is 10.0. The third-order valence-corrected chi connectivity index (χ3v) is 3.19. The van der Waals surface area contributed by atoms with E-state index in [0.717, 1.165) is 37.2 Å². The standard InChI is InChI=1S/C12H20N4/c1-8(2)11-15-7-9(13)10(16-11)3-4-12(14)5-6-12/h7-8H,3-6,13-14H2,1-2H3. The van der Waals surface area contributed by atoms with Crippen molar-refractivity contribution < 1.29 is 0 Å². The molecule has 4 N–H and O–H groups in total. The highest BCUT2D eigenvalue weighted by molar-refractivity contribution is 5.40. The summed E-state index contributed by atoms with van der Waals surface area (Å²) in [5.41, 5.74) is 13.6. The third kappa shape index (κ3) is 2.50. The fourth-order valence-corrected chi connectivity index (χ4v) is 1.70. The summed E-state index contributed by atoms with van der Waals surface area (Å²) in [5, 5.41) is 0. The van der Waals surface area contributed by atoms with Crippen molar-refractivity contribution in [2.75, 3.05) is 5.73 Å². The van der Waals surface area contributed by atoms with Gasteiger partial charge in [0.25, 0.3) is 0 Å². The van der Waals surface area contributed by atoms with E-state index in [0.29, 0.717) is 11.6 Å². The summed E-state index contributed by atoms with van der Waals surface area (Å²) in [6, 6.07) is 0. The first-order valence-electron chi connectivity index (χ1n) is 5.90. The van der Waals surface area contributed by atoms with Crippen molar-refractivity contribution in [2.45, 2.75) is 51.0 Å². The molecule has 0 unspecified atom stereocenters. The minimum Gasteiger partial charge on any atom is -0.396 e. The quantitative estimate of drug-likeness (QED) is 0.808. The zero-order chi connectivity index (χ0) is 11.8. The second kappa shape index (κ2) is 4.01. The summed E-state index contributed by atoms with van der Waals surface area (Å²) in [6.45, 7) is 4.17. The first-order valence-corrected chi connectivity index (χ1v) is 5.90. The van der Waals surface area contributed by atoms with Crippen LogP contribution in [0.5, 0.6) is 0 Å². The number of hydrogen-bond donors (Lipinski definition) is 2. The average Bonchev–Trinajstić information content (AvgIpc) is 2.95. The van der Waals surface area contributed by atoms with E-state index in [1.54, 1.807) is 6.20 Å². The van der Waals surface area contributed by atoms with Crippen molar-refractivity contribution in [3.8, 4) is 0 Å². The van der Waals surface area contributed by atoms with Gasteiger partial charge in [0.15, 0.2) is 0 Å². The Kier molecular flexibility index (Phi) is 2.84. The van der Waals surface area contributed by atoms with Crippen molar-refractivity contribution in [1.29, 1.82) is 0 Å². The summed E-state index contributed by atoms with van der Waals surface area (Å²) in [5.74, 6) is 1.21. The van der Waals surface area contributed by atoms with E-state index in [4.69, 9.17) is 11.5 Å². The monoisotopic (exact) mass is 220 g/mol. The normalized spacial score (nSPS) is 17.8. The maximum Gasteiger partial charge on any atom is 0.131 e. The van der Waals surface area contributed by atoms with Gasteiger partial charge < -0.3 is 11.5 Å². The maximum absolute atomic E-state index is 6.06. The van der Waals surface area contributed by atoms with E-state index in [9.17, 15) is 0 Å². The largest absolute Gasteiger partial charge is 0.396 e. The number of nitrogens with zero attached hydrogens (tertiary/aromatic N) is 2. The van der Waals surface area contributed by atoms with Crippen LogP contribution in [0.25, 0.3) is 0 Å². The molecule has 1 aromatic heterocycles. The van der Waals surface area contributed by atoms with Crippen molar-refractivity contribution in [3.05, 3.63) is 17.7 Å². The van der Waals surface area contributed by atoms with Gasteiger partial charge in [0.1, 0.15) is 5.82 Å². The van der Waals surface area contributed by atoms with Crippen LogP contribution in [-0.4, -0.2) is 15.5 Å². The van der Waals surface area contributed by atoms with Gasteiger partial charge in [-0.25, -0.2) is 9.97 Å². The molecule has 2 rings (SSSR count). The molecule has 1 aliphatic carbocycles. The second-order valence-electron chi connectivity index (χ2n) is 5.15. The molecule has 1 heterocycles. The van der Waals surface area contributed by atoms with E-state index in [1.165, 1.54) is 0 Å². The Labute approximate surface area is 96.5 Å². The molecule has 0 aliphatic heterocycles. The van der Waals surface area contributed by atoms with E-state index in [1.807, 2.05) is 0 Å². The minimum atomic E-state index is 0.0649. The highest BCUT2D eigenvalue weighted by atomic mass is 14.9. The van der Waals surface area contributed by atoms with Crippen LogP contribution in [0.15, 0.2) is 6.20 Å². The number of aryl methyl sites for hydroxylation is 1. The van der Waals surface area contributed by atoms with Gasteiger partial charge in [0, 0.05) is 11.5 Å². The highest BCUT2D eigenvalue weighted by Gasteiger charge is 2.37. The molecule has 0 radical (unpaired) electrons. The Morgan fingerprint density at radius 2 is 2.12 bits per heavy atom. The molecule has 4 nitrogen and oxygen atoms in total. The summed E-state index contributed by atoms with van der Waals surface area (Å²) < 4.78 is 0. The molecule has 1 aliphatic rings. The fourth-order valence-electron chi connectivity index (χ4n) is 1.70. The number of hydrogen-bond acceptors (Lipinski definition) is 4. The van der Waals surface area contributed by atoms with Crippen LogP contribution in [0.4, 0.5) is 5.69 Å². The summed E-state index contributed by atoms with van der Waals surface area (Å²) in [7, 11) is 0. The third-order valence-electron chi connectivity index (χ3n) is 3.19. The molecule has 0 spiro atoms. The molecule has 1 aromatic rings. The molecule has 4 heteroatoms. The van der Waals surface area contributed by atoms with Crippen molar-refractivity contribution in [3.63, 3.8) is 0 Å². The van der Waals surface area contributed by atoms with E-state index in [2.05, 4.69) is 23.8 Å². The van der Waals surface area contributed by atoms with Crippen LogP contribution in [0, 0.1) is 0 Å². The molecule has 0 saturated heterocycles. The van der Waals surface area contributed by atoms with Gasteiger partial charge in [0.2, 0.25) is 0 Å². The number of aromatic nitrogens is 2. The van der Waals surface area contributed by atoms with Gasteiger partial charge >= 0.3 is 0 Å². The smallest absolute Gasteiger partial charge is 0.131 e.